The second-order valence-corrected chi connectivity index (χ2v) is 7.32. The minimum atomic E-state index is -4.38. The summed E-state index contributed by atoms with van der Waals surface area (Å²) >= 11 is 0. The lowest BCUT2D eigenvalue weighted by Gasteiger charge is -2.36. The Balaban J connectivity index is 0.00000341. The van der Waals surface area contributed by atoms with Crippen LogP contribution in [0.4, 0.5) is 18.9 Å². The molecule has 2 aromatic rings. The van der Waals surface area contributed by atoms with Crippen molar-refractivity contribution in [1.82, 2.24) is 14.5 Å². The third kappa shape index (κ3) is 7.03. The molecule has 1 aromatic heterocycles. The highest BCUT2D eigenvalue weighted by Crippen LogP contribution is 2.30. The second kappa shape index (κ2) is 10.7. The number of H-pyrrole nitrogens is 1. The number of rotatable bonds is 7. The number of ether oxygens (including phenoxy) is 1. The fourth-order valence-electron chi connectivity index (χ4n) is 3.46. The number of aromatic nitrogens is 2. The van der Waals surface area contributed by atoms with Gasteiger partial charge in [0.05, 0.1) is 5.69 Å². The SMILES string of the molecule is Cc1cn(CCCN2CCN(c3ccccc3OCC(F)(F)F)CC2)c(=O)[nH]c1=O.Cl. The van der Waals surface area contributed by atoms with Crippen LogP contribution in [0.2, 0.25) is 0 Å². The van der Waals surface area contributed by atoms with Gasteiger partial charge in [-0.3, -0.25) is 14.7 Å². The van der Waals surface area contributed by atoms with Gasteiger partial charge < -0.3 is 14.2 Å². The van der Waals surface area contributed by atoms with Gasteiger partial charge >= 0.3 is 11.9 Å². The van der Waals surface area contributed by atoms with Gasteiger partial charge in [-0.2, -0.15) is 13.2 Å². The summed E-state index contributed by atoms with van der Waals surface area (Å²) in [7, 11) is 0. The molecule has 1 saturated heterocycles. The molecule has 1 aromatic carbocycles. The zero-order chi connectivity index (χ0) is 21.7. The van der Waals surface area contributed by atoms with E-state index in [1.165, 1.54) is 4.57 Å². The molecule has 1 fully saturated rings. The second-order valence-electron chi connectivity index (χ2n) is 7.32. The third-order valence-corrected chi connectivity index (χ3v) is 5.03. The number of para-hydroxylation sites is 2. The number of nitrogens with one attached hydrogen (secondary N) is 1. The molecule has 1 aliphatic rings. The van der Waals surface area contributed by atoms with Crippen LogP contribution in [-0.4, -0.2) is 60.0 Å². The Morgan fingerprint density at radius 1 is 1.06 bits per heavy atom. The van der Waals surface area contributed by atoms with E-state index in [4.69, 9.17) is 4.74 Å². The van der Waals surface area contributed by atoms with Crippen molar-refractivity contribution in [3.05, 3.63) is 56.9 Å². The van der Waals surface area contributed by atoms with Gasteiger partial charge in [-0.05, 0) is 32.0 Å². The standard InChI is InChI=1S/C20H25F3N4O3.ClH/c1-15-13-27(19(29)24-18(15)28)8-4-7-25-9-11-26(12-10-25)16-5-2-3-6-17(16)30-14-20(21,22)23;/h2-3,5-6,13H,4,7-12,14H2,1H3,(H,24,28,29);1H. The number of aryl methyl sites for hydroxylation is 2. The highest BCUT2D eigenvalue weighted by molar-refractivity contribution is 5.85. The Morgan fingerprint density at radius 2 is 1.74 bits per heavy atom. The van der Waals surface area contributed by atoms with E-state index in [-0.39, 0.29) is 23.7 Å². The Bertz CT molecular complexity index is 969. The first kappa shape index (κ1) is 24.8. The average molecular weight is 463 g/mol. The molecule has 2 heterocycles. The Morgan fingerprint density at radius 3 is 2.42 bits per heavy atom. The van der Waals surface area contributed by atoms with Gasteiger partial charge in [-0.15, -0.1) is 12.4 Å². The summed E-state index contributed by atoms with van der Waals surface area (Å²) in [5.41, 5.74) is 0.379. The summed E-state index contributed by atoms with van der Waals surface area (Å²) in [5, 5.41) is 0. The van der Waals surface area contributed by atoms with Gasteiger partial charge in [0, 0.05) is 44.5 Å². The van der Waals surface area contributed by atoms with Crippen LogP contribution in [0.25, 0.3) is 0 Å². The van der Waals surface area contributed by atoms with E-state index in [1.807, 2.05) is 4.90 Å². The minimum absolute atomic E-state index is 0. The van der Waals surface area contributed by atoms with Crippen molar-refractivity contribution in [2.45, 2.75) is 26.1 Å². The van der Waals surface area contributed by atoms with Crippen molar-refractivity contribution in [3.8, 4) is 5.75 Å². The summed E-state index contributed by atoms with van der Waals surface area (Å²) in [4.78, 5) is 29.8. The van der Waals surface area contributed by atoms with Crippen LogP contribution in [-0.2, 0) is 6.54 Å². The lowest BCUT2D eigenvalue weighted by Crippen LogP contribution is -2.47. The molecule has 0 saturated carbocycles. The molecule has 31 heavy (non-hydrogen) atoms. The fourth-order valence-corrected chi connectivity index (χ4v) is 3.46. The number of halogens is 4. The lowest BCUT2D eigenvalue weighted by atomic mass is 10.2. The van der Waals surface area contributed by atoms with E-state index in [9.17, 15) is 22.8 Å². The summed E-state index contributed by atoms with van der Waals surface area (Å²) in [6.45, 7) is 4.49. The normalized spacial score (nSPS) is 14.9. The van der Waals surface area contributed by atoms with Gasteiger partial charge in [0.25, 0.3) is 5.56 Å². The molecule has 3 rings (SSSR count). The molecule has 1 N–H and O–H groups in total. The number of benzene rings is 1. The van der Waals surface area contributed by atoms with Crippen LogP contribution in [0, 0.1) is 6.92 Å². The lowest BCUT2D eigenvalue weighted by molar-refractivity contribution is -0.153. The number of hydrogen-bond acceptors (Lipinski definition) is 5. The third-order valence-electron chi connectivity index (χ3n) is 5.03. The molecule has 7 nitrogen and oxygen atoms in total. The molecule has 1 aliphatic heterocycles. The molecule has 11 heteroatoms. The van der Waals surface area contributed by atoms with Gasteiger partial charge in [-0.1, -0.05) is 12.1 Å². The summed E-state index contributed by atoms with van der Waals surface area (Å²) in [6, 6.07) is 6.77. The van der Waals surface area contributed by atoms with Crippen molar-refractivity contribution in [1.29, 1.82) is 0 Å². The van der Waals surface area contributed by atoms with E-state index in [0.717, 1.165) is 26.1 Å². The highest BCUT2D eigenvalue weighted by Gasteiger charge is 2.29. The van der Waals surface area contributed by atoms with E-state index < -0.39 is 18.5 Å². The van der Waals surface area contributed by atoms with Gasteiger partial charge in [0.1, 0.15) is 5.75 Å². The number of aromatic amines is 1. The number of piperazine rings is 1. The Kier molecular flexibility index (Phi) is 8.58. The largest absolute Gasteiger partial charge is 0.482 e. The minimum Gasteiger partial charge on any atom is -0.482 e. The van der Waals surface area contributed by atoms with E-state index in [0.29, 0.717) is 30.9 Å². The molecule has 0 unspecified atom stereocenters. The predicted octanol–water partition coefficient (Wildman–Crippen LogP) is 2.42. The van der Waals surface area contributed by atoms with Crippen LogP contribution >= 0.6 is 12.4 Å². The molecule has 0 radical (unpaired) electrons. The highest BCUT2D eigenvalue weighted by atomic mass is 35.5. The van der Waals surface area contributed by atoms with Gasteiger partial charge in [-0.25, -0.2) is 4.79 Å². The molecule has 0 spiro atoms. The predicted molar refractivity (Wildman–Crippen MR) is 115 cm³/mol. The quantitative estimate of drug-likeness (QED) is 0.684. The number of alkyl halides is 3. The molecule has 0 aliphatic carbocycles. The molecular weight excluding hydrogens is 437 g/mol. The van der Waals surface area contributed by atoms with Crippen LogP contribution in [0.3, 0.4) is 0 Å². The maximum absolute atomic E-state index is 12.5. The average Bonchev–Trinajstić information content (AvgIpc) is 2.70. The van der Waals surface area contributed by atoms with E-state index in [2.05, 4.69) is 9.88 Å². The maximum atomic E-state index is 12.5. The zero-order valence-electron chi connectivity index (χ0n) is 17.2. The van der Waals surface area contributed by atoms with Crippen LogP contribution < -0.4 is 20.9 Å². The molecule has 172 valence electrons. The smallest absolute Gasteiger partial charge is 0.422 e. The van der Waals surface area contributed by atoms with Crippen LogP contribution in [0.1, 0.15) is 12.0 Å². The first-order valence-corrected chi connectivity index (χ1v) is 9.79. The van der Waals surface area contributed by atoms with Crippen molar-refractivity contribution in [2.24, 2.45) is 0 Å². The first-order valence-electron chi connectivity index (χ1n) is 9.79. The van der Waals surface area contributed by atoms with Crippen molar-refractivity contribution in [3.63, 3.8) is 0 Å². The molecular formula is C20H26ClF3N4O3. The van der Waals surface area contributed by atoms with Gasteiger partial charge in [0.2, 0.25) is 0 Å². The first-order chi connectivity index (χ1) is 14.2. The molecule has 0 bridgehead atoms. The monoisotopic (exact) mass is 462 g/mol. The van der Waals surface area contributed by atoms with Crippen molar-refractivity contribution in [2.75, 3.05) is 44.2 Å². The number of anilines is 1. The Labute approximate surface area is 183 Å². The topological polar surface area (TPSA) is 70.6 Å². The summed E-state index contributed by atoms with van der Waals surface area (Å²) < 4.78 is 44.0. The Hall–Kier alpha value is -2.46. The van der Waals surface area contributed by atoms with Crippen LogP contribution in [0.15, 0.2) is 40.1 Å². The maximum Gasteiger partial charge on any atom is 0.422 e. The number of hydrogen-bond donors (Lipinski definition) is 1. The van der Waals surface area contributed by atoms with E-state index >= 15 is 0 Å². The summed E-state index contributed by atoms with van der Waals surface area (Å²) in [6.07, 6.45) is -2.06. The van der Waals surface area contributed by atoms with E-state index in [1.54, 1.807) is 37.4 Å². The zero-order valence-corrected chi connectivity index (χ0v) is 18.0. The molecule has 0 amide bonds. The van der Waals surface area contributed by atoms with Crippen molar-refractivity contribution < 1.29 is 17.9 Å². The van der Waals surface area contributed by atoms with Crippen molar-refractivity contribution >= 4 is 18.1 Å². The molecule has 0 atom stereocenters. The fraction of sp³-hybridized carbons (Fsp3) is 0.500. The summed E-state index contributed by atoms with van der Waals surface area (Å²) in [5.74, 6) is 0.232. The number of nitrogens with zero attached hydrogens (tertiary/aromatic N) is 3. The van der Waals surface area contributed by atoms with Gasteiger partial charge in [0.15, 0.2) is 6.61 Å². The van der Waals surface area contributed by atoms with Crippen LogP contribution in [0.5, 0.6) is 5.75 Å².